The molecule has 2 aromatic carbocycles. The van der Waals surface area contributed by atoms with Crippen molar-refractivity contribution in [1.82, 2.24) is 0 Å². The van der Waals surface area contributed by atoms with Gasteiger partial charge >= 0.3 is 6.18 Å². The number of allylic oxidation sites excluding steroid dienone is 2. The van der Waals surface area contributed by atoms with Gasteiger partial charge in [0.15, 0.2) is 5.78 Å². The van der Waals surface area contributed by atoms with Gasteiger partial charge in [-0.3, -0.25) is 4.79 Å². The number of rotatable bonds is 4. The van der Waals surface area contributed by atoms with Crippen molar-refractivity contribution in [2.24, 2.45) is 16.7 Å². The number of aryl methyl sites for hydroxylation is 1. The van der Waals surface area contributed by atoms with Crippen LogP contribution in [0.1, 0.15) is 62.8 Å². The number of benzene rings is 2. The molecular weight excluding hydrogens is 441 g/mol. The summed E-state index contributed by atoms with van der Waals surface area (Å²) in [5, 5.41) is 11.3. The van der Waals surface area contributed by atoms with E-state index in [0.29, 0.717) is 29.7 Å². The Morgan fingerprint density at radius 2 is 1.79 bits per heavy atom. The van der Waals surface area contributed by atoms with Crippen molar-refractivity contribution < 1.29 is 27.8 Å². The van der Waals surface area contributed by atoms with E-state index in [1.807, 2.05) is 33.8 Å². The molecule has 1 fully saturated rings. The zero-order chi connectivity index (χ0) is 25.1. The SMILES string of the molecule is C#Cc1cc(Oc2ccc(CC)c(C3=C(O)[C@@]4(C)CC[C@@H](C3=O)C4(C)C)c2)ccc1C(F)(F)F. The van der Waals surface area contributed by atoms with Crippen LogP contribution in [0.3, 0.4) is 0 Å². The molecule has 2 aliphatic rings. The predicted molar refractivity (Wildman–Crippen MR) is 124 cm³/mol. The molecule has 0 radical (unpaired) electrons. The Kier molecular flexibility index (Phi) is 5.59. The van der Waals surface area contributed by atoms with E-state index < -0.39 is 17.2 Å². The first-order chi connectivity index (χ1) is 15.8. The van der Waals surface area contributed by atoms with Crippen LogP contribution >= 0.6 is 0 Å². The Bertz CT molecular complexity index is 1250. The van der Waals surface area contributed by atoms with E-state index in [4.69, 9.17) is 11.2 Å². The van der Waals surface area contributed by atoms with Crippen molar-refractivity contribution in [3.05, 3.63) is 64.4 Å². The lowest BCUT2D eigenvalue weighted by molar-refractivity contribution is -0.137. The highest BCUT2D eigenvalue weighted by atomic mass is 19.4. The molecule has 0 aromatic heterocycles. The Labute approximate surface area is 197 Å². The molecule has 1 N–H and O–H groups in total. The van der Waals surface area contributed by atoms with Crippen molar-refractivity contribution >= 4 is 11.4 Å². The minimum absolute atomic E-state index is 0.0755. The largest absolute Gasteiger partial charge is 0.511 e. The average Bonchev–Trinajstić information content (AvgIpc) is 2.96. The summed E-state index contributed by atoms with van der Waals surface area (Å²) in [6.45, 7) is 8.02. The van der Waals surface area contributed by atoms with E-state index >= 15 is 0 Å². The van der Waals surface area contributed by atoms with Crippen molar-refractivity contribution in [1.29, 1.82) is 0 Å². The van der Waals surface area contributed by atoms with Gasteiger partial charge in [-0.05, 0) is 66.1 Å². The molecule has 2 aliphatic carbocycles. The fraction of sp³-hybridized carbons (Fsp3) is 0.393. The summed E-state index contributed by atoms with van der Waals surface area (Å²) >= 11 is 0. The number of carbonyl (C=O) groups excluding carboxylic acids is 1. The number of aliphatic hydroxyl groups excluding tert-OH is 1. The van der Waals surface area contributed by atoms with Gasteiger partial charge in [-0.2, -0.15) is 13.2 Å². The first kappa shape index (κ1) is 23.9. The summed E-state index contributed by atoms with van der Waals surface area (Å²) in [7, 11) is 0. The number of aliphatic hydroxyl groups is 1. The number of hydrogen-bond donors (Lipinski definition) is 1. The molecule has 2 atom stereocenters. The second-order valence-electron chi connectivity index (χ2n) is 9.86. The highest BCUT2D eigenvalue weighted by molar-refractivity contribution is 6.24. The maximum Gasteiger partial charge on any atom is 0.417 e. The Hall–Kier alpha value is -3.20. The molecule has 0 amide bonds. The zero-order valence-corrected chi connectivity index (χ0v) is 19.6. The van der Waals surface area contributed by atoms with Gasteiger partial charge < -0.3 is 9.84 Å². The van der Waals surface area contributed by atoms with E-state index in [1.165, 1.54) is 12.1 Å². The Morgan fingerprint density at radius 1 is 1.15 bits per heavy atom. The summed E-state index contributed by atoms with van der Waals surface area (Å²) < 4.78 is 45.3. The average molecular weight is 469 g/mol. The van der Waals surface area contributed by atoms with Crippen LogP contribution in [-0.4, -0.2) is 10.9 Å². The molecule has 0 spiro atoms. The van der Waals surface area contributed by atoms with Gasteiger partial charge in [0.25, 0.3) is 0 Å². The molecule has 0 heterocycles. The Balaban J connectivity index is 1.78. The van der Waals surface area contributed by atoms with Crippen LogP contribution in [0.25, 0.3) is 5.57 Å². The van der Waals surface area contributed by atoms with Crippen LogP contribution in [0, 0.1) is 29.1 Å². The lowest BCUT2D eigenvalue weighted by atomic mass is 9.58. The number of ketones is 1. The zero-order valence-electron chi connectivity index (χ0n) is 19.6. The van der Waals surface area contributed by atoms with Gasteiger partial charge in [0.05, 0.1) is 11.1 Å². The quantitative estimate of drug-likeness (QED) is 0.478. The van der Waals surface area contributed by atoms with Gasteiger partial charge in [-0.25, -0.2) is 0 Å². The topological polar surface area (TPSA) is 46.5 Å². The third-order valence-electron chi connectivity index (χ3n) is 7.97. The lowest BCUT2D eigenvalue weighted by Crippen LogP contribution is -2.43. The second-order valence-corrected chi connectivity index (χ2v) is 9.86. The summed E-state index contributed by atoms with van der Waals surface area (Å²) in [4.78, 5) is 13.5. The minimum atomic E-state index is -4.56. The molecule has 178 valence electrons. The van der Waals surface area contributed by atoms with Crippen LogP contribution in [0.2, 0.25) is 0 Å². The fourth-order valence-corrected chi connectivity index (χ4v) is 5.46. The minimum Gasteiger partial charge on any atom is -0.511 e. The normalized spacial score (nSPS) is 23.7. The number of carbonyl (C=O) groups is 1. The number of fused-ring (bicyclic) bond motifs is 2. The third-order valence-corrected chi connectivity index (χ3v) is 7.97. The van der Waals surface area contributed by atoms with Gasteiger partial charge in [-0.1, -0.05) is 39.7 Å². The number of halogens is 3. The van der Waals surface area contributed by atoms with Gasteiger partial charge in [0.2, 0.25) is 0 Å². The Morgan fingerprint density at radius 3 is 2.41 bits per heavy atom. The molecule has 6 heteroatoms. The molecule has 34 heavy (non-hydrogen) atoms. The summed E-state index contributed by atoms with van der Waals surface area (Å²) in [5.41, 5.74) is -0.296. The first-order valence-corrected chi connectivity index (χ1v) is 11.3. The lowest BCUT2D eigenvalue weighted by Gasteiger charge is -2.45. The molecule has 2 bridgehead atoms. The van der Waals surface area contributed by atoms with Gasteiger partial charge in [0.1, 0.15) is 17.3 Å². The summed E-state index contributed by atoms with van der Waals surface area (Å²) in [5.74, 6) is 2.39. The van der Waals surface area contributed by atoms with E-state index in [2.05, 4.69) is 5.92 Å². The van der Waals surface area contributed by atoms with Crippen molar-refractivity contribution in [2.45, 2.75) is 53.1 Å². The highest BCUT2D eigenvalue weighted by Crippen LogP contribution is 2.64. The molecule has 0 aliphatic heterocycles. The standard InChI is InChI=1S/C28H27F3O3/c1-6-16-8-9-19(34-18-10-11-21(28(29,30)31)17(7-2)14-18)15-20(16)23-24(32)22-12-13-27(5,25(23)33)26(22,3)4/h2,8-11,14-15,22,33H,6,12-13H2,1,3-5H3/t22-,27+/m0/s1. The molecule has 2 aromatic rings. The number of ether oxygens (including phenoxy) is 1. The maximum atomic E-state index is 13.5. The van der Waals surface area contributed by atoms with Crippen molar-refractivity contribution in [3.8, 4) is 23.8 Å². The smallest absolute Gasteiger partial charge is 0.417 e. The van der Waals surface area contributed by atoms with Crippen LogP contribution < -0.4 is 4.74 Å². The molecule has 0 saturated heterocycles. The van der Waals surface area contributed by atoms with Crippen LogP contribution in [0.15, 0.2) is 42.2 Å². The molecule has 3 nitrogen and oxygen atoms in total. The van der Waals surface area contributed by atoms with Crippen LogP contribution in [0.4, 0.5) is 13.2 Å². The monoisotopic (exact) mass is 468 g/mol. The molecule has 1 saturated carbocycles. The van der Waals surface area contributed by atoms with Gasteiger partial charge in [0, 0.05) is 16.9 Å². The van der Waals surface area contributed by atoms with Crippen molar-refractivity contribution in [2.75, 3.05) is 0 Å². The van der Waals surface area contributed by atoms with Crippen LogP contribution in [-0.2, 0) is 17.4 Å². The fourth-order valence-electron chi connectivity index (χ4n) is 5.46. The number of hydrogen-bond acceptors (Lipinski definition) is 3. The molecule has 0 unspecified atom stereocenters. The molecule has 4 rings (SSSR count). The third kappa shape index (κ3) is 3.50. The second kappa shape index (κ2) is 7.94. The number of Topliss-reactive ketones (excluding diaryl/α,β-unsaturated/α-hetero) is 1. The molecular formula is C28H27F3O3. The van der Waals surface area contributed by atoms with E-state index in [1.54, 1.807) is 12.1 Å². The maximum absolute atomic E-state index is 13.5. The van der Waals surface area contributed by atoms with Crippen LogP contribution in [0.5, 0.6) is 11.5 Å². The van der Waals surface area contributed by atoms with E-state index in [9.17, 15) is 23.1 Å². The first-order valence-electron chi connectivity index (χ1n) is 11.3. The number of terminal acetylenes is 1. The number of alkyl halides is 3. The highest BCUT2D eigenvalue weighted by Gasteiger charge is 2.61. The van der Waals surface area contributed by atoms with E-state index in [0.717, 1.165) is 18.1 Å². The predicted octanol–water partition coefficient (Wildman–Crippen LogP) is 7.34. The summed E-state index contributed by atoms with van der Waals surface area (Å²) in [6, 6.07) is 8.46. The van der Waals surface area contributed by atoms with Crippen molar-refractivity contribution in [3.63, 3.8) is 0 Å². The van der Waals surface area contributed by atoms with E-state index in [-0.39, 0.29) is 34.2 Å². The summed E-state index contributed by atoms with van der Waals surface area (Å²) in [6.07, 6.45) is 2.80. The van der Waals surface area contributed by atoms with Gasteiger partial charge in [-0.15, -0.1) is 6.42 Å².